The molecule has 3 nitrogen and oxygen atoms in total. The summed E-state index contributed by atoms with van der Waals surface area (Å²) in [6.07, 6.45) is 3.64. The van der Waals surface area contributed by atoms with E-state index in [-0.39, 0.29) is 11.9 Å². The van der Waals surface area contributed by atoms with Gasteiger partial charge in [0.15, 0.2) is 0 Å². The Labute approximate surface area is 86.6 Å². The molecule has 1 saturated heterocycles. The minimum atomic E-state index is 0.0455. The molecular formula is C10H16O3Si. The summed E-state index contributed by atoms with van der Waals surface area (Å²) in [7, 11) is 1.09. The number of cyclic esters (lactones) is 1. The third-order valence-electron chi connectivity index (χ3n) is 4.19. The molecule has 4 heteroatoms. The number of hydrogen-bond acceptors (Lipinski definition) is 3. The summed E-state index contributed by atoms with van der Waals surface area (Å²) in [5.41, 5.74) is 0. The molecule has 0 radical (unpaired) electrons. The van der Waals surface area contributed by atoms with Gasteiger partial charge in [0.25, 0.3) is 0 Å². The molecule has 2 saturated carbocycles. The van der Waals surface area contributed by atoms with E-state index in [1.165, 1.54) is 12.8 Å². The van der Waals surface area contributed by atoms with Gasteiger partial charge in [0, 0.05) is 22.4 Å². The molecule has 3 aliphatic rings. The van der Waals surface area contributed by atoms with Crippen LogP contribution in [0.15, 0.2) is 0 Å². The topological polar surface area (TPSA) is 35.5 Å². The molecule has 0 aromatic carbocycles. The molecule has 5 unspecified atom stereocenters. The fourth-order valence-corrected chi connectivity index (χ4v) is 4.11. The van der Waals surface area contributed by atoms with Crippen LogP contribution in [-0.4, -0.2) is 35.2 Å². The first-order chi connectivity index (χ1) is 6.81. The number of hydrogen-bond donors (Lipinski definition) is 0. The van der Waals surface area contributed by atoms with Crippen molar-refractivity contribution in [3.8, 4) is 0 Å². The summed E-state index contributed by atoms with van der Waals surface area (Å²) in [6, 6.07) is 0. The van der Waals surface area contributed by atoms with Gasteiger partial charge in [0.1, 0.15) is 0 Å². The van der Waals surface area contributed by atoms with E-state index in [2.05, 4.69) is 0 Å². The Kier molecular flexibility index (Phi) is 1.95. The molecule has 0 spiro atoms. The van der Waals surface area contributed by atoms with E-state index in [0.29, 0.717) is 30.5 Å². The number of carbonyl (C=O) groups is 1. The van der Waals surface area contributed by atoms with Crippen LogP contribution in [-0.2, 0) is 14.3 Å². The molecule has 5 atom stereocenters. The SMILES string of the molecule is O=C1OCC2C3CC(OC[SiH3])C(C3)C12. The molecule has 3 rings (SSSR count). The van der Waals surface area contributed by atoms with E-state index >= 15 is 0 Å². The molecule has 1 aliphatic heterocycles. The predicted molar refractivity (Wildman–Crippen MR) is 53.8 cm³/mol. The van der Waals surface area contributed by atoms with Gasteiger partial charge in [-0.15, -0.1) is 0 Å². The van der Waals surface area contributed by atoms with Crippen molar-refractivity contribution in [3.63, 3.8) is 0 Å². The largest absolute Gasteiger partial charge is 0.465 e. The molecule has 14 heavy (non-hydrogen) atoms. The van der Waals surface area contributed by atoms with E-state index in [0.717, 1.165) is 16.5 Å². The third-order valence-corrected chi connectivity index (χ3v) is 4.52. The quantitative estimate of drug-likeness (QED) is 0.458. The predicted octanol–water partition coefficient (Wildman–Crippen LogP) is -0.477. The Morgan fingerprint density at radius 3 is 3.07 bits per heavy atom. The summed E-state index contributed by atoms with van der Waals surface area (Å²) in [5, 5.41) is 0. The molecule has 1 heterocycles. The van der Waals surface area contributed by atoms with Crippen LogP contribution in [0, 0.1) is 23.7 Å². The van der Waals surface area contributed by atoms with Crippen molar-refractivity contribution in [1.29, 1.82) is 0 Å². The average Bonchev–Trinajstić information content (AvgIpc) is 2.78. The lowest BCUT2D eigenvalue weighted by atomic mass is 9.80. The van der Waals surface area contributed by atoms with Gasteiger partial charge in [-0.25, -0.2) is 0 Å². The fraction of sp³-hybridized carbons (Fsp3) is 0.900. The highest BCUT2D eigenvalue weighted by Gasteiger charge is 2.59. The number of esters is 1. The summed E-state index contributed by atoms with van der Waals surface area (Å²) < 4.78 is 10.9. The highest BCUT2D eigenvalue weighted by molar-refractivity contribution is 6.08. The van der Waals surface area contributed by atoms with Gasteiger partial charge in [-0.3, -0.25) is 4.79 Å². The lowest BCUT2D eigenvalue weighted by Gasteiger charge is -2.28. The number of carbonyl (C=O) groups excluding carboxylic acids is 1. The van der Waals surface area contributed by atoms with Crippen LogP contribution in [0.25, 0.3) is 0 Å². The fourth-order valence-electron chi connectivity index (χ4n) is 3.68. The highest BCUT2D eigenvalue weighted by atomic mass is 28.1. The van der Waals surface area contributed by atoms with Crippen molar-refractivity contribution >= 4 is 16.2 Å². The van der Waals surface area contributed by atoms with Crippen molar-refractivity contribution in [2.45, 2.75) is 18.9 Å². The maximum atomic E-state index is 11.5. The summed E-state index contributed by atoms with van der Waals surface area (Å²) >= 11 is 0. The van der Waals surface area contributed by atoms with Crippen LogP contribution >= 0.6 is 0 Å². The van der Waals surface area contributed by atoms with Gasteiger partial charge in [-0.2, -0.15) is 0 Å². The second kappa shape index (κ2) is 3.07. The van der Waals surface area contributed by atoms with Crippen LogP contribution in [0.1, 0.15) is 12.8 Å². The third kappa shape index (κ3) is 1.04. The number of rotatable bonds is 2. The Hall–Kier alpha value is -0.353. The molecule has 78 valence electrons. The Morgan fingerprint density at radius 2 is 2.29 bits per heavy atom. The van der Waals surface area contributed by atoms with Gasteiger partial charge in [0.2, 0.25) is 0 Å². The molecule has 3 fully saturated rings. The van der Waals surface area contributed by atoms with E-state index in [9.17, 15) is 4.79 Å². The second-order valence-corrected chi connectivity index (χ2v) is 5.29. The van der Waals surface area contributed by atoms with Crippen molar-refractivity contribution in [1.82, 2.24) is 0 Å². The zero-order chi connectivity index (χ0) is 9.71. The zero-order valence-electron chi connectivity index (χ0n) is 8.44. The van der Waals surface area contributed by atoms with Gasteiger partial charge in [-0.1, -0.05) is 0 Å². The van der Waals surface area contributed by atoms with Gasteiger partial charge < -0.3 is 9.47 Å². The normalized spacial score (nSPS) is 49.7. The van der Waals surface area contributed by atoms with E-state index in [1.807, 2.05) is 0 Å². The molecule has 2 aliphatic carbocycles. The summed E-state index contributed by atoms with van der Waals surface area (Å²) in [6.45, 7) is 0.679. The first kappa shape index (κ1) is 8.92. The maximum Gasteiger partial charge on any atom is 0.309 e. The van der Waals surface area contributed by atoms with Crippen LogP contribution in [0.4, 0.5) is 0 Å². The second-order valence-electron chi connectivity index (χ2n) is 4.71. The average molecular weight is 212 g/mol. The van der Waals surface area contributed by atoms with E-state index in [4.69, 9.17) is 9.47 Å². The Morgan fingerprint density at radius 1 is 1.43 bits per heavy atom. The van der Waals surface area contributed by atoms with E-state index in [1.54, 1.807) is 0 Å². The van der Waals surface area contributed by atoms with Crippen molar-refractivity contribution in [2.75, 3.05) is 12.8 Å². The summed E-state index contributed by atoms with van der Waals surface area (Å²) in [4.78, 5) is 11.5. The first-order valence-electron chi connectivity index (χ1n) is 5.59. The van der Waals surface area contributed by atoms with Gasteiger partial charge in [0.05, 0.1) is 18.6 Å². The molecular weight excluding hydrogens is 196 g/mol. The van der Waals surface area contributed by atoms with Crippen LogP contribution in [0.2, 0.25) is 0 Å². The monoisotopic (exact) mass is 212 g/mol. The summed E-state index contributed by atoms with van der Waals surface area (Å²) in [5.74, 6) is 1.95. The van der Waals surface area contributed by atoms with Gasteiger partial charge in [-0.05, 0) is 24.7 Å². The molecule has 0 aromatic rings. The lowest BCUT2D eigenvalue weighted by Crippen LogP contribution is -2.34. The highest BCUT2D eigenvalue weighted by Crippen LogP contribution is 2.55. The molecule has 2 bridgehead atoms. The number of ether oxygens (including phenoxy) is 2. The van der Waals surface area contributed by atoms with Crippen molar-refractivity contribution in [3.05, 3.63) is 0 Å². The molecule has 0 amide bonds. The van der Waals surface area contributed by atoms with Crippen LogP contribution < -0.4 is 0 Å². The minimum absolute atomic E-state index is 0.0455. The maximum absolute atomic E-state index is 11.5. The van der Waals surface area contributed by atoms with Crippen molar-refractivity contribution < 1.29 is 14.3 Å². The lowest BCUT2D eigenvalue weighted by molar-refractivity contribution is -0.143. The number of fused-ring (bicyclic) bond motifs is 5. The minimum Gasteiger partial charge on any atom is -0.465 e. The Balaban J connectivity index is 1.80. The zero-order valence-corrected chi connectivity index (χ0v) is 10.4. The first-order valence-corrected chi connectivity index (χ1v) is 7.01. The van der Waals surface area contributed by atoms with Gasteiger partial charge >= 0.3 is 5.97 Å². The molecule has 0 aromatic heterocycles. The van der Waals surface area contributed by atoms with E-state index < -0.39 is 0 Å². The van der Waals surface area contributed by atoms with Crippen LogP contribution in [0.5, 0.6) is 0 Å². The standard InChI is InChI=1S/C10H16O3Si/c11-10-9-6-1-5(7(9)3-12-10)2-8(6)13-4-14/h5-9H,1-4H2,14H3. The molecule has 0 N–H and O–H groups in total. The van der Waals surface area contributed by atoms with Crippen LogP contribution in [0.3, 0.4) is 0 Å². The Bertz CT molecular complexity index is 268. The van der Waals surface area contributed by atoms with Crippen molar-refractivity contribution in [2.24, 2.45) is 23.7 Å². The smallest absolute Gasteiger partial charge is 0.309 e.